The molecule has 7 nitrogen and oxygen atoms in total. The molecule has 0 spiro atoms. The maximum Gasteiger partial charge on any atom is 0.281 e. The highest BCUT2D eigenvalue weighted by Gasteiger charge is 2.22. The van der Waals surface area contributed by atoms with Gasteiger partial charge in [0.05, 0.1) is 23.8 Å². The normalized spacial score (nSPS) is 10.2. The Hall–Kier alpha value is -3.61. The van der Waals surface area contributed by atoms with Gasteiger partial charge in [-0.1, -0.05) is 6.07 Å². The quantitative estimate of drug-likeness (QED) is 0.792. The molecule has 0 unspecified atom stereocenters. The van der Waals surface area contributed by atoms with Crippen molar-refractivity contribution in [1.82, 2.24) is 15.0 Å². The van der Waals surface area contributed by atoms with Gasteiger partial charge in [-0.3, -0.25) is 24.5 Å². The van der Waals surface area contributed by atoms with Gasteiger partial charge in [0.1, 0.15) is 11.4 Å². The van der Waals surface area contributed by atoms with Crippen LogP contribution in [-0.4, -0.2) is 26.8 Å². The fraction of sp³-hybridized carbons (Fsp3) is 0. The highest BCUT2D eigenvalue weighted by molar-refractivity contribution is 6.10. The van der Waals surface area contributed by atoms with E-state index in [4.69, 9.17) is 5.73 Å². The maximum absolute atomic E-state index is 13.0. The van der Waals surface area contributed by atoms with Gasteiger partial charge in [0.15, 0.2) is 0 Å². The van der Waals surface area contributed by atoms with E-state index >= 15 is 0 Å². The van der Waals surface area contributed by atoms with Gasteiger partial charge in [-0.25, -0.2) is 4.98 Å². The standard InChI is InChI=1S/C17H13N5O2/c18-16(23)14-6-1-7-15(21-14)17(24)22(12-4-2-8-19-10-12)13-5-3-9-20-11-13/h1-11H,(H2,18,23). The predicted molar refractivity (Wildman–Crippen MR) is 87.7 cm³/mol. The topological polar surface area (TPSA) is 102 Å². The Kier molecular flexibility index (Phi) is 4.24. The molecule has 3 aromatic heterocycles. The molecule has 24 heavy (non-hydrogen) atoms. The fourth-order valence-electron chi connectivity index (χ4n) is 2.16. The maximum atomic E-state index is 13.0. The van der Waals surface area contributed by atoms with Crippen molar-refractivity contribution in [3.8, 4) is 0 Å². The zero-order valence-electron chi connectivity index (χ0n) is 12.5. The van der Waals surface area contributed by atoms with Crippen molar-refractivity contribution in [3.05, 3.63) is 78.6 Å². The predicted octanol–water partition coefficient (Wildman–Crippen LogP) is 1.95. The number of primary amides is 1. The van der Waals surface area contributed by atoms with Crippen LogP contribution in [0.15, 0.2) is 67.3 Å². The SMILES string of the molecule is NC(=O)c1cccc(C(=O)N(c2cccnc2)c2cccnc2)n1. The third kappa shape index (κ3) is 3.09. The smallest absolute Gasteiger partial charge is 0.281 e. The van der Waals surface area contributed by atoms with Crippen LogP contribution in [0.1, 0.15) is 21.0 Å². The average Bonchev–Trinajstić information content (AvgIpc) is 2.64. The number of pyridine rings is 3. The molecule has 0 aromatic carbocycles. The number of hydrogen-bond acceptors (Lipinski definition) is 5. The van der Waals surface area contributed by atoms with Gasteiger partial charge in [0, 0.05) is 12.4 Å². The van der Waals surface area contributed by atoms with E-state index in [9.17, 15) is 9.59 Å². The Balaban J connectivity index is 2.08. The minimum absolute atomic E-state index is 0.0261. The first-order valence-electron chi connectivity index (χ1n) is 7.08. The van der Waals surface area contributed by atoms with Crippen LogP contribution < -0.4 is 10.6 Å². The van der Waals surface area contributed by atoms with Crippen LogP contribution >= 0.6 is 0 Å². The van der Waals surface area contributed by atoms with Gasteiger partial charge in [0.25, 0.3) is 11.8 Å². The number of rotatable bonds is 4. The molecule has 0 saturated carbocycles. The molecule has 0 aliphatic rings. The van der Waals surface area contributed by atoms with Crippen molar-refractivity contribution in [2.24, 2.45) is 5.73 Å². The van der Waals surface area contributed by atoms with Gasteiger partial charge in [-0.05, 0) is 36.4 Å². The second-order valence-electron chi connectivity index (χ2n) is 4.84. The van der Waals surface area contributed by atoms with Gasteiger partial charge in [-0.2, -0.15) is 0 Å². The lowest BCUT2D eigenvalue weighted by atomic mass is 10.2. The largest absolute Gasteiger partial charge is 0.364 e. The number of nitrogens with zero attached hydrogens (tertiary/aromatic N) is 4. The first kappa shape index (κ1) is 15.3. The summed E-state index contributed by atoms with van der Waals surface area (Å²) in [7, 11) is 0. The Morgan fingerprint density at radius 3 is 1.92 bits per heavy atom. The monoisotopic (exact) mass is 319 g/mol. The minimum Gasteiger partial charge on any atom is -0.364 e. The molecular formula is C17H13N5O2. The number of aromatic nitrogens is 3. The van der Waals surface area contributed by atoms with E-state index < -0.39 is 11.8 Å². The molecule has 7 heteroatoms. The van der Waals surface area contributed by atoms with Crippen molar-refractivity contribution in [1.29, 1.82) is 0 Å². The molecule has 0 bridgehead atoms. The number of carbonyl (C=O) groups excluding carboxylic acids is 2. The van der Waals surface area contributed by atoms with E-state index in [2.05, 4.69) is 15.0 Å². The van der Waals surface area contributed by atoms with Gasteiger partial charge in [-0.15, -0.1) is 0 Å². The summed E-state index contributed by atoms with van der Waals surface area (Å²) < 4.78 is 0. The Bertz CT molecular complexity index is 829. The zero-order valence-corrected chi connectivity index (χ0v) is 12.5. The highest BCUT2D eigenvalue weighted by Crippen LogP contribution is 2.25. The van der Waals surface area contributed by atoms with Crippen LogP contribution in [0.3, 0.4) is 0 Å². The molecule has 3 rings (SSSR count). The van der Waals surface area contributed by atoms with Crippen LogP contribution in [0.4, 0.5) is 11.4 Å². The zero-order chi connectivity index (χ0) is 16.9. The van der Waals surface area contributed by atoms with E-state index in [0.717, 1.165) is 0 Å². The van der Waals surface area contributed by atoms with Gasteiger partial charge < -0.3 is 5.73 Å². The molecular weight excluding hydrogens is 306 g/mol. The first-order valence-corrected chi connectivity index (χ1v) is 7.08. The number of anilines is 2. The molecule has 0 saturated heterocycles. The lowest BCUT2D eigenvalue weighted by molar-refractivity contribution is 0.0991. The summed E-state index contributed by atoms with van der Waals surface area (Å²) >= 11 is 0. The van der Waals surface area contributed by atoms with Crippen LogP contribution in [0.5, 0.6) is 0 Å². The van der Waals surface area contributed by atoms with Gasteiger partial charge in [0.2, 0.25) is 0 Å². The molecule has 3 heterocycles. The van der Waals surface area contributed by atoms with Crippen molar-refractivity contribution in [3.63, 3.8) is 0 Å². The molecule has 2 N–H and O–H groups in total. The van der Waals surface area contributed by atoms with Crippen molar-refractivity contribution in [2.75, 3.05) is 4.90 Å². The van der Waals surface area contributed by atoms with E-state index in [1.807, 2.05) is 0 Å². The number of hydrogen-bond donors (Lipinski definition) is 1. The third-order valence-electron chi connectivity index (χ3n) is 3.23. The number of amides is 2. The van der Waals surface area contributed by atoms with E-state index in [1.165, 1.54) is 17.0 Å². The summed E-state index contributed by atoms with van der Waals surface area (Å²) in [4.78, 5) is 37.8. The minimum atomic E-state index is -0.695. The second-order valence-corrected chi connectivity index (χ2v) is 4.84. The summed E-state index contributed by atoms with van der Waals surface area (Å²) in [5.74, 6) is -1.11. The molecule has 2 amide bonds. The van der Waals surface area contributed by atoms with Crippen molar-refractivity contribution < 1.29 is 9.59 Å². The molecule has 0 aliphatic heterocycles. The van der Waals surface area contributed by atoms with Crippen LogP contribution in [-0.2, 0) is 0 Å². The van der Waals surface area contributed by atoms with E-state index in [0.29, 0.717) is 11.4 Å². The Morgan fingerprint density at radius 2 is 1.42 bits per heavy atom. The molecule has 0 fully saturated rings. The lowest BCUT2D eigenvalue weighted by Gasteiger charge is -2.21. The Morgan fingerprint density at radius 1 is 0.833 bits per heavy atom. The fourth-order valence-corrected chi connectivity index (χ4v) is 2.16. The number of nitrogens with two attached hydrogens (primary N) is 1. The second kappa shape index (κ2) is 6.66. The Labute approximate surface area is 137 Å². The number of carbonyl (C=O) groups is 2. The molecule has 118 valence electrons. The summed E-state index contributed by atoms with van der Waals surface area (Å²) in [6.07, 6.45) is 6.34. The molecule has 0 aliphatic carbocycles. The molecule has 0 radical (unpaired) electrons. The summed E-state index contributed by atoms with van der Waals surface area (Å²) in [6.45, 7) is 0. The highest BCUT2D eigenvalue weighted by atomic mass is 16.2. The average molecular weight is 319 g/mol. The summed E-state index contributed by atoms with van der Waals surface area (Å²) in [6, 6.07) is 11.5. The van der Waals surface area contributed by atoms with E-state index in [-0.39, 0.29) is 11.4 Å². The first-order chi connectivity index (χ1) is 11.7. The molecule has 0 atom stereocenters. The van der Waals surface area contributed by atoms with Crippen molar-refractivity contribution >= 4 is 23.2 Å². The van der Waals surface area contributed by atoms with Crippen LogP contribution in [0, 0.1) is 0 Å². The van der Waals surface area contributed by atoms with E-state index in [1.54, 1.807) is 55.1 Å². The van der Waals surface area contributed by atoms with Crippen LogP contribution in [0.2, 0.25) is 0 Å². The van der Waals surface area contributed by atoms with Crippen molar-refractivity contribution in [2.45, 2.75) is 0 Å². The van der Waals surface area contributed by atoms with Gasteiger partial charge >= 0.3 is 0 Å². The van der Waals surface area contributed by atoms with Crippen LogP contribution in [0.25, 0.3) is 0 Å². The molecule has 3 aromatic rings. The summed E-state index contributed by atoms with van der Waals surface area (Å²) in [5, 5.41) is 0. The summed E-state index contributed by atoms with van der Waals surface area (Å²) in [5.41, 5.74) is 6.47. The third-order valence-corrected chi connectivity index (χ3v) is 3.23. The lowest BCUT2D eigenvalue weighted by Crippen LogP contribution is -2.28.